The van der Waals surface area contributed by atoms with Crippen LogP contribution in [0.3, 0.4) is 0 Å². The number of carbonyl (C=O) groups excluding carboxylic acids is 3. The number of ether oxygens (including phenoxy) is 4. The second-order valence-electron chi connectivity index (χ2n) is 8.07. The topological polar surface area (TPSA) is 94.6 Å². The van der Waals surface area contributed by atoms with E-state index in [2.05, 4.69) is 0 Å². The van der Waals surface area contributed by atoms with Gasteiger partial charge in [0.15, 0.2) is 0 Å². The molecule has 0 spiro atoms. The van der Waals surface area contributed by atoms with Gasteiger partial charge >= 0.3 is 5.97 Å². The molecule has 0 saturated carbocycles. The molecule has 1 aliphatic heterocycles. The Bertz CT molecular complexity index is 1050. The average molecular weight is 471 g/mol. The number of benzene rings is 2. The second-order valence-corrected chi connectivity index (χ2v) is 8.07. The molecular weight excluding hydrogens is 440 g/mol. The maximum absolute atomic E-state index is 13.5. The summed E-state index contributed by atoms with van der Waals surface area (Å²) in [6, 6.07) is 10.8. The van der Waals surface area contributed by atoms with E-state index >= 15 is 0 Å². The molecule has 34 heavy (non-hydrogen) atoms. The van der Waals surface area contributed by atoms with Crippen LogP contribution < -0.4 is 19.1 Å². The summed E-state index contributed by atoms with van der Waals surface area (Å²) in [6.07, 6.45) is 0.0367. The molecule has 182 valence electrons. The van der Waals surface area contributed by atoms with Gasteiger partial charge in [0.05, 0.1) is 40.0 Å². The Labute approximate surface area is 199 Å². The summed E-state index contributed by atoms with van der Waals surface area (Å²) in [5, 5.41) is 0. The SMILES string of the molecule is COC(=O)CN(Cc1cc(OC)cc(OC)c1)C(=O)C1CC(=O)N(c2cc(C)ccc2OC)C1. The Morgan fingerprint density at radius 3 is 2.26 bits per heavy atom. The highest BCUT2D eigenvalue weighted by molar-refractivity contribution is 6.01. The van der Waals surface area contributed by atoms with Gasteiger partial charge in [0, 0.05) is 25.6 Å². The second kappa shape index (κ2) is 10.9. The van der Waals surface area contributed by atoms with Crippen molar-refractivity contribution in [3.05, 3.63) is 47.5 Å². The average Bonchev–Trinajstić information content (AvgIpc) is 3.23. The van der Waals surface area contributed by atoms with Gasteiger partial charge in [-0.3, -0.25) is 14.4 Å². The summed E-state index contributed by atoms with van der Waals surface area (Å²) < 4.78 is 20.8. The van der Waals surface area contributed by atoms with E-state index < -0.39 is 11.9 Å². The van der Waals surface area contributed by atoms with E-state index in [-0.39, 0.29) is 37.9 Å². The largest absolute Gasteiger partial charge is 0.497 e. The molecule has 2 aromatic carbocycles. The quantitative estimate of drug-likeness (QED) is 0.520. The van der Waals surface area contributed by atoms with Gasteiger partial charge in [-0.25, -0.2) is 0 Å². The molecule has 3 rings (SSSR count). The number of aryl methyl sites for hydroxylation is 1. The normalized spacial score (nSPS) is 15.1. The molecule has 9 heteroatoms. The minimum atomic E-state index is -0.616. The fourth-order valence-corrected chi connectivity index (χ4v) is 3.99. The van der Waals surface area contributed by atoms with Crippen LogP contribution in [-0.4, -0.2) is 64.2 Å². The predicted octanol–water partition coefficient (Wildman–Crippen LogP) is 2.58. The van der Waals surface area contributed by atoms with Crippen molar-refractivity contribution >= 4 is 23.5 Å². The molecule has 1 saturated heterocycles. The van der Waals surface area contributed by atoms with Crippen LogP contribution in [0.2, 0.25) is 0 Å². The van der Waals surface area contributed by atoms with Crippen LogP contribution in [0.25, 0.3) is 0 Å². The molecule has 1 atom stereocenters. The first-order valence-electron chi connectivity index (χ1n) is 10.8. The maximum Gasteiger partial charge on any atom is 0.325 e. The van der Waals surface area contributed by atoms with Crippen molar-refractivity contribution in [2.45, 2.75) is 19.9 Å². The molecule has 0 bridgehead atoms. The van der Waals surface area contributed by atoms with Gasteiger partial charge < -0.3 is 28.7 Å². The van der Waals surface area contributed by atoms with Crippen LogP contribution in [0.5, 0.6) is 17.2 Å². The van der Waals surface area contributed by atoms with E-state index in [0.717, 1.165) is 11.1 Å². The van der Waals surface area contributed by atoms with Crippen molar-refractivity contribution in [3.8, 4) is 17.2 Å². The zero-order valence-corrected chi connectivity index (χ0v) is 20.1. The Morgan fingerprint density at radius 1 is 1.00 bits per heavy atom. The van der Waals surface area contributed by atoms with Crippen LogP contribution >= 0.6 is 0 Å². The number of nitrogens with zero attached hydrogens (tertiary/aromatic N) is 2. The van der Waals surface area contributed by atoms with Gasteiger partial charge in [0.25, 0.3) is 0 Å². The van der Waals surface area contributed by atoms with Crippen LogP contribution in [-0.2, 0) is 25.7 Å². The first kappa shape index (κ1) is 24.9. The third-order valence-corrected chi connectivity index (χ3v) is 5.74. The lowest BCUT2D eigenvalue weighted by atomic mass is 10.1. The number of hydrogen-bond donors (Lipinski definition) is 0. The lowest BCUT2D eigenvalue weighted by molar-refractivity contribution is -0.148. The number of rotatable bonds is 9. The van der Waals surface area contributed by atoms with Gasteiger partial charge in [0.1, 0.15) is 23.8 Å². The zero-order valence-electron chi connectivity index (χ0n) is 20.1. The number of methoxy groups -OCH3 is 4. The van der Waals surface area contributed by atoms with E-state index in [4.69, 9.17) is 18.9 Å². The molecule has 0 radical (unpaired) electrons. The Morgan fingerprint density at radius 2 is 1.68 bits per heavy atom. The maximum atomic E-state index is 13.5. The molecule has 2 amide bonds. The highest BCUT2D eigenvalue weighted by Crippen LogP contribution is 2.34. The zero-order chi connectivity index (χ0) is 24.8. The van der Waals surface area contributed by atoms with Gasteiger partial charge in [-0.15, -0.1) is 0 Å². The van der Waals surface area contributed by atoms with Gasteiger partial charge in [-0.05, 0) is 42.3 Å². The van der Waals surface area contributed by atoms with Crippen molar-refractivity contribution in [2.75, 3.05) is 46.4 Å². The Kier molecular flexibility index (Phi) is 7.99. The summed E-state index contributed by atoms with van der Waals surface area (Å²) in [6.45, 7) is 2.00. The summed E-state index contributed by atoms with van der Waals surface area (Å²) in [5.41, 5.74) is 2.31. The first-order valence-corrected chi connectivity index (χ1v) is 10.8. The first-order chi connectivity index (χ1) is 16.3. The molecule has 0 aromatic heterocycles. The lowest BCUT2D eigenvalue weighted by Gasteiger charge is -2.25. The van der Waals surface area contributed by atoms with Crippen LogP contribution in [0, 0.1) is 12.8 Å². The highest BCUT2D eigenvalue weighted by Gasteiger charge is 2.38. The monoisotopic (exact) mass is 470 g/mol. The molecule has 2 aromatic rings. The van der Waals surface area contributed by atoms with Gasteiger partial charge in [0.2, 0.25) is 11.8 Å². The molecule has 1 unspecified atom stereocenters. The molecule has 1 heterocycles. The molecule has 0 aliphatic carbocycles. The van der Waals surface area contributed by atoms with E-state index in [1.54, 1.807) is 29.2 Å². The fourth-order valence-electron chi connectivity index (χ4n) is 3.99. The van der Waals surface area contributed by atoms with E-state index in [0.29, 0.717) is 22.9 Å². The van der Waals surface area contributed by atoms with Crippen LogP contribution in [0.1, 0.15) is 17.5 Å². The van der Waals surface area contributed by atoms with Crippen molar-refractivity contribution in [1.82, 2.24) is 4.90 Å². The van der Waals surface area contributed by atoms with E-state index in [1.165, 1.54) is 33.3 Å². The number of anilines is 1. The predicted molar refractivity (Wildman–Crippen MR) is 125 cm³/mol. The fraction of sp³-hybridized carbons (Fsp3) is 0.400. The molecule has 0 N–H and O–H groups in total. The highest BCUT2D eigenvalue weighted by atomic mass is 16.5. The van der Waals surface area contributed by atoms with Crippen LogP contribution in [0.4, 0.5) is 5.69 Å². The third kappa shape index (κ3) is 5.59. The van der Waals surface area contributed by atoms with Crippen molar-refractivity contribution in [1.29, 1.82) is 0 Å². The van der Waals surface area contributed by atoms with Crippen molar-refractivity contribution in [3.63, 3.8) is 0 Å². The smallest absolute Gasteiger partial charge is 0.325 e. The lowest BCUT2D eigenvalue weighted by Crippen LogP contribution is -2.40. The molecular formula is C25H30N2O7. The number of carbonyl (C=O) groups is 3. The van der Waals surface area contributed by atoms with Gasteiger partial charge in [-0.2, -0.15) is 0 Å². The Hall–Kier alpha value is -3.75. The Balaban J connectivity index is 1.85. The van der Waals surface area contributed by atoms with E-state index in [1.807, 2.05) is 19.1 Å². The summed E-state index contributed by atoms with van der Waals surface area (Å²) >= 11 is 0. The van der Waals surface area contributed by atoms with Crippen molar-refractivity contribution < 1.29 is 33.3 Å². The molecule has 9 nitrogen and oxygen atoms in total. The minimum Gasteiger partial charge on any atom is -0.497 e. The standard InChI is InChI=1S/C25H30N2O7/c1-16-6-7-22(33-4)21(8-16)27-14-18(11-23(27)28)25(30)26(15-24(29)34-5)13-17-9-19(31-2)12-20(10-17)32-3/h6-10,12,18H,11,13-15H2,1-5H3. The van der Waals surface area contributed by atoms with Crippen LogP contribution in [0.15, 0.2) is 36.4 Å². The summed E-state index contributed by atoms with van der Waals surface area (Å²) in [4.78, 5) is 41.4. The third-order valence-electron chi connectivity index (χ3n) is 5.74. The number of amides is 2. The van der Waals surface area contributed by atoms with E-state index in [9.17, 15) is 14.4 Å². The minimum absolute atomic E-state index is 0.0367. The summed E-state index contributed by atoms with van der Waals surface area (Å²) in [5.74, 6) is 0.0293. The summed E-state index contributed by atoms with van der Waals surface area (Å²) in [7, 11) is 5.88. The molecule has 1 fully saturated rings. The van der Waals surface area contributed by atoms with Crippen molar-refractivity contribution in [2.24, 2.45) is 5.92 Å². The number of esters is 1. The molecule has 1 aliphatic rings. The van der Waals surface area contributed by atoms with Gasteiger partial charge in [-0.1, -0.05) is 6.07 Å². The number of hydrogen-bond acceptors (Lipinski definition) is 7.